The number of methoxy groups -OCH3 is 2. The van der Waals surface area contributed by atoms with Gasteiger partial charge in [0.15, 0.2) is 11.5 Å². The molecule has 2 N–H and O–H groups in total. The van der Waals surface area contributed by atoms with E-state index in [0.717, 1.165) is 0 Å². The molecule has 40 heavy (non-hydrogen) atoms. The van der Waals surface area contributed by atoms with E-state index in [4.69, 9.17) is 55.9 Å². The highest BCUT2D eigenvalue weighted by molar-refractivity contribution is 6.37. The average Bonchev–Trinajstić information content (AvgIpc) is 2.90. The lowest BCUT2D eigenvalue weighted by Crippen LogP contribution is -2.21. The molecule has 0 spiro atoms. The van der Waals surface area contributed by atoms with Crippen LogP contribution >= 0.6 is 46.4 Å². The Labute approximate surface area is 248 Å². The first-order valence-electron chi connectivity index (χ1n) is 11.6. The number of hydrogen-bond donors (Lipinski definition) is 2. The number of ether oxygens (including phenoxy) is 2. The summed E-state index contributed by atoms with van der Waals surface area (Å²) in [5, 5.41) is 6.42. The second kappa shape index (κ2) is 11.3. The van der Waals surface area contributed by atoms with Gasteiger partial charge >= 0.3 is 0 Å². The lowest BCUT2D eigenvalue weighted by Gasteiger charge is -2.16. The Bertz CT molecular complexity index is 1700. The van der Waals surface area contributed by atoms with E-state index >= 15 is 0 Å². The summed E-state index contributed by atoms with van der Waals surface area (Å²) in [5.41, 5.74) is 2.48. The molecule has 0 atom stereocenters. The van der Waals surface area contributed by atoms with Crippen molar-refractivity contribution in [2.45, 2.75) is 0 Å². The largest absolute Gasteiger partial charge is 0.493 e. The van der Waals surface area contributed by atoms with Crippen molar-refractivity contribution in [3.05, 3.63) is 91.9 Å². The number of aromatic nitrogens is 2. The number of carbonyl (C=O) groups excluding carboxylic acids is 2. The van der Waals surface area contributed by atoms with Crippen LogP contribution in [0.4, 0.5) is 11.4 Å². The van der Waals surface area contributed by atoms with E-state index in [1.54, 1.807) is 12.1 Å². The molecule has 0 saturated heterocycles. The van der Waals surface area contributed by atoms with Crippen LogP contribution in [0, 0.1) is 0 Å². The van der Waals surface area contributed by atoms with Gasteiger partial charge in [-0.15, -0.1) is 0 Å². The van der Waals surface area contributed by atoms with Crippen LogP contribution in [0.1, 0.15) is 20.7 Å². The van der Waals surface area contributed by atoms with Crippen molar-refractivity contribution in [2.75, 3.05) is 24.9 Å². The SMILES string of the molecule is COc1c(Cl)cc(Cl)cc1NC(=O)c1cc2nc3ccccc3nc2cc1C(=O)Nc1cc(Cl)cc(Cl)c1OC. The van der Waals surface area contributed by atoms with E-state index in [2.05, 4.69) is 20.6 Å². The predicted octanol–water partition coefficient (Wildman–Crippen LogP) is 7.92. The van der Waals surface area contributed by atoms with Gasteiger partial charge in [-0.05, 0) is 48.5 Å². The summed E-state index contributed by atoms with van der Waals surface area (Å²) in [5.74, 6) is -0.880. The van der Waals surface area contributed by atoms with Crippen LogP contribution in [-0.2, 0) is 0 Å². The quantitative estimate of drug-likeness (QED) is 0.188. The highest BCUT2D eigenvalue weighted by Gasteiger charge is 2.23. The zero-order valence-electron chi connectivity index (χ0n) is 20.8. The van der Waals surface area contributed by atoms with Crippen LogP contribution < -0.4 is 20.1 Å². The molecule has 1 heterocycles. The molecule has 4 aromatic carbocycles. The number of amides is 2. The summed E-state index contributed by atoms with van der Waals surface area (Å²) in [6.07, 6.45) is 0. The monoisotopic (exact) mass is 614 g/mol. The molecule has 0 bridgehead atoms. The van der Waals surface area contributed by atoms with Crippen molar-refractivity contribution in [3.63, 3.8) is 0 Å². The standard InChI is InChI=1S/C28H18Cl4N4O4/c1-39-25-17(31)7-13(29)9-23(25)35-27(37)15-11-21-22(34-20-6-4-3-5-19(20)33-21)12-16(15)28(38)36-24-10-14(30)8-18(32)26(24)40-2/h3-12H,1-2H3,(H,35,37)(H,36,38). The molecule has 0 aliphatic carbocycles. The van der Waals surface area contributed by atoms with Gasteiger partial charge in [-0.3, -0.25) is 9.59 Å². The third-order valence-electron chi connectivity index (χ3n) is 5.89. The van der Waals surface area contributed by atoms with Crippen LogP contribution in [0.5, 0.6) is 11.5 Å². The van der Waals surface area contributed by atoms with Crippen LogP contribution in [0.25, 0.3) is 22.1 Å². The first kappa shape index (κ1) is 27.7. The molecule has 0 unspecified atom stereocenters. The minimum Gasteiger partial charge on any atom is -0.493 e. The van der Waals surface area contributed by atoms with Gasteiger partial charge < -0.3 is 20.1 Å². The molecule has 8 nitrogen and oxygen atoms in total. The minimum atomic E-state index is -0.644. The van der Waals surface area contributed by atoms with E-state index in [1.165, 1.54) is 50.6 Å². The normalized spacial score (nSPS) is 10.9. The fourth-order valence-electron chi connectivity index (χ4n) is 4.15. The van der Waals surface area contributed by atoms with Crippen molar-refractivity contribution < 1.29 is 19.1 Å². The smallest absolute Gasteiger partial charge is 0.256 e. The summed E-state index contributed by atoms with van der Waals surface area (Å²) in [7, 11) is 2.81. The zero-order chi connectivity index (χ0) is 28.6. The zero-order valence-corrected chi connectivity index (χ0v) is 23.8. The fraction of sp³-hybridized carbons (Fsp3) is 0.0714. The van der Waals surface area contributed by atoms with Crippen molar-refractivity contribution in [1.29, 1.82) is 0 Å². The van der Waals surface area contributed by atoms with Gasteiger partial charge in [0.25, 0.3) is 11.8 Å². The van der Waals surface area contributed by atoms with Gasteiger partial charge in [0.2, 0.25) is 0 Å². The Hall–Kier alpha value is -3.82. The van der Waals surface area contributed by atoms with Crippen molar-refractivity contribution >= 4 is 91.7 Å². The molecule has 2 amide bonds. The molecular formula is C28H18Cl4N4O4. The van der Waals surface area contributed by atoms with E-state index in [-0.39, 0.29) is 54.1 Å². The highest BCUT2D eigenvalue weighted by Crippen LogP contribution is 2.38. The lowest BCUT2D eigenvalue weighted by molar-refractivity contribution is 0.0990. The molecule has 5 rings (SSSR count). The van der Waals surface area contributed by atoms with Crippen LogP contribution in [0.3, 0.4) is 0 Å². The maximum absolute atomic E-state index is 13.7. The average molecular weight is 616 g/mol. The summed E-state index contributed by atoms with van der Waals surface area (Å²) in [6.45, 7) is 0. The number of halogens is 4. The predicted molar refractivity (Wildman–Crippen MR) is 159 cm³/mol. The van der Waals surface area contributed by atoms with Gasteiger partial charge in [-0.1, -0.05) is 58.5 Å². The molecule has 1 aromatic heterocycles. The number of nitrogens with zero attached hydrogens (tertiary/aromatic N) is 2. The first-order valence-corrected chi connectivity index (χ1v) is 13.1. The first-order chi connectivity index (χ1) is 19.2. The van der Waals surface area contributed by atoms with Gasteiger partial charge in [0.05, 0.1) is 68.8 Å². The second-order valence-electron chi connectivity index (χ2n) is 8.44. The number of para-hydroxylation sites is 2. The van der Waals surface area contributed by atoms with Crippen LogP contribution in [0.15, 0.2) is 60.7 Å². The van der Waals surface area contributed by atoms with Crippen molar-refractivity contribution in [3.8, 4) is 11.5 Å². The maximum atomic E-state index is 13.7. The number of hydrogen-bond acceptors (Lipinski definition) is 6. The van der Waals surface area contributed by atoms with Crippen molar-refractivity contribution in [1.82, 2.24) is 9.97 Å². The van der Waals surface area contributed by atoms with Gasteiger partial charge in [0.1, 0.15) is 0 Å². The summed E-state index contributed by atoms with van der Waals surface area (Å²) >= 11 is 24.8. The van der Waals surface area contributed by atoms with Crippen LogP contribution in [-0.4, -0.2) is 36.0 Å². The minimum absolute atomic E-state index is 0.000163. The Morgan fingerprint density at radius 2 is 1.02 bits per heavy atom. The van der Waals surface area contributed by atoms with E-state index in [1.807, 2.05) is 12.1 Å². The molecular weight excluding hydrogens is 598 g/mol. The molecule has 0 fully saturated rings. The second-order valence-corrected chi connectivity index (χ2v) is 10.1. The fourth-order valence-corrected chi connectivity index (χ4v) is 5.29. The molecule has 0 radical (unpaired) electrons. The Balaban J connectivity index is 1.65. The molecule has 202 valence electrons. The number of benzene rings is 4. The Morgan fingerprint density at radius 1 is 0.625 bits per heavy atom. The number of carbonyl (C=O) groups is 2. The molecule has 5 aromatic rings. The summed E-state index contributed by atoms with van der Waals surface area (Å²) < 4.78 is 10.7. The highest BCUT2D eigenvalue weighted by atomic mass is 35.5. The third kappa shape index (κ3) is 5.44. The number of rotatable bonds is 6. The molecule has 0 saturated carbocycles. The molecule has 12 heteroatoms. The van der Waals surface area contributed by atoms with E-state index in [0.29, 0.717) is 22.1 Å². The summed E-state index contributed by atoms with van der Waals surface area (Å²) in [6, 6.07) is 16.2. The number of nitrogens with one attached hydrogen (secondary N) is 2. The lowest BCUT2D eigenvalue weighted by atomic mass is 10.0. The molecule has 0 aliphatic heterocycles. The van der Waals surface area contributed by atoms with E-state index in [9.17, 15) is 9.59 Å². The van der Waals surface area contributed by atoms with Gasteiger partial charge in [-0.25, -0.2) is 9.97 Å². The maximum Gasteiger partial charge on any atom is 0.256 e. The Kier molecular flexibility index (Phi) is 7.87. The summed E-state index contributed by atoms with van der Waals surface area (Å²) in [4.78, 5) is 36.6. The number of fused-ring (bicyclic) bond motifs is 2. The van der Waals surface area contributed by atoms with Gasteiger partial charge in [0, 0.05) is 10.0 Å². The van der Waals surface area contributed by atoms with Crippen molar-refractivity contribution in [2.24, 2.45) is 0 Å². The third-order valence-corrected chi connectivity index (χ3v) is 6.89. The topological polar surface area (TPSA) is 102 Å². The Morgan fingerprint density at radius 3 is 1.40 bits per heavy atom. The molecule has 0 aliphatic rings. The van der Waals surface area contributed by atoms with Gasteiger partial charge in [-0.2, -0.15) is 0 Å². The van der Waals surface area contributed by atoms with E-state index < -0.39 is 11.8 Å². The van der Waals surface area contributed by atoms with Crippen LogP contribution in [0.2, 0.25) is 20.1 Å². The number of anilines is 2.